The van der Waals surface area contributed by atoms with Crippen LogP contribution >= 0.6 is 0 Å². The zero-order valence-corrected chi connectivity index (χ0v) is 18.6. The Kier molecular flexibility index (Phi) is 6.52. The molecule has 0 radical (unpaired) electrons. The van der Waals surface area contributed by atoms with E-state index in [4.69, 9.17) is 4.52 Å². The highest BCUT2D eigenvalue weighted by Gasteiger charge is 2.25. The first-order chi connectivity index (χ1) is 15.0. The maximum absolute atomic E-state index is 12.8. The van der Waals surface area contributed by atoms with Gasteiger partial charge in [0.15, 0.2) is 11.5 Å². The number of carbonyl (C=O) groups is 1. The number of amides is 1. The minimum Gasteiger partial charge on any atom is -0.355 e. The van der Waals surface area contributed by atoms with Gasteiger partial charge >= 0.3 is 0 Å². The van der Waals surface area contributed by atoms with E-state index in [2.05, 4.69) is 72.5 Å². The molecule has 1 saturated heterocycles. The molecule has 1 aliphatic rings. The van der Waals surface area contributed by atoms with E-state index < -0.39 is 0 Å². The average Bonchev–Trinajstić information content (AvgIpc) is 3.49. The third kappa shape index (κ3) is 4.88. The number of benzene rings is 2. The molecule has 1 aromatic heterocycles. The molecule has 0 unspecified atom stereocenters. The Morgan fingerprint density at radius 1 is 1.06 bits per heavy atom. The Bertz CT molecular complexity index is 1030. The molecule has 0 spiro atoms. The molecular weight excluding hydrogens is 386 g/mol. The highest BCUT2D eigenvalue weighted by Crippen LogP contribution is 2.26. The monoisotopic (exact) mass is 417 g/mol. The topological polar surface area (TPSA) is 58.4 Å². The number of carbonyl (C=O) groups excluding carboxylic acids is 1. The molecule has 162 valence electrons. The van der Waals surface area contributed by atoms with E-state index in [1.807, 2.05) is 6.07 Å². The number of nitrogens with zero attached hydrogens (tertiary/aromatic N) is 2. The summed E-state index contributed by atoms with van der Waals surface area (Å²) in [6.45, 7) is 8.99. The van der Waals surface area contributed by atoms with Crippen LogP contribution in [0, 0.1) is 13.8 Å². The van der Waals surface area contributed by atoms with E-state index in [0.717, 1.165) is 25.1 Å². The van der Waals surface area contributed by atoms with Crippen molar-refractivity contribution in [1.29, 1.82) is 0 Å². The number of aromatic nitrogens is 1. The lowest BCUT2D eigenvalue weighted by molar-refractivity contribution is 0.0929. The van der Waals surface area contributed by atoms with Gasteiger partial charge in [-0.15, -0.1) is 0 Å². The second-order valence-electron chi connectivity index (χ2n) is 8.44. The van der Waals surface area contributed by atoms with E-state index in [1.54, 1.807) is 6.07 Å². The van der Waals surface area contributed by atoms with Crippen molar-refractivity contribution in [2.75, 3.05) is 19.6 Å². The third-order valence-electron chi connectivity index (χ3n) is 6.34. The molecule has 1 N–H and O–H groups in total. The first-order valence-corrected chi connectivity index (χ1v) is 11.2. The quantitative estimate of drug-likeness (QED) is 0.582. The highest BCUT2D eigenvalue weighted by atomic mass is 16.5. The molecule has 0 aliphatic carbocycles. The fourth-order valence-electron chi connectivity index (χ4n) is 4.18. The molecule has 5 heteroatoms. The molecule has 2 heterocycles. The molecule has 31 heavy (non-hydrogen) atoms. The highest BCUT2D eigenvalue weighted by molar-refractivity contribution is 5.93. The van der Waals surface area contributed by atoms with Crippen LogP contribution in [0.4, 0.5) is 0 Å². The summed E-state index contributed by atoms with van der Waals surface area (Å²) in [7, 11) is 0. The smallest absolute Gasteiger partial charge is 0.273 e. The van der Waals surface area contributed by atoms with Gasteiger partial charge in [-0.05, 0) is 74.5 Å². The minimum absolute atomic E-state index is 0.170. The Balaban J connectivity index is 1.46. The fourth-order valence-corrected chi connectivity index (χ4v) is 4.18. The molecule has 4 rings (SSSR count). The molecule has 1 amide bonds. The van der Waals surface area contributed by atoms with Crippen LogP contribution in [0.3, 0.4) is 0 Å². The number of rotatable bonds is 7. The lowest BCUT2D eigenvalue weighted by Gasteiger charge is -2.28. The van der Waals surface area contributed by atoms with Crippen LogP contribution in [0.1, 0.15) is 58.5 Å². The van der Waals surface area contributed by atoms with E-state index in [9.17, 15) is 4.79 Å². The van der Waals surface area contributed by atoms with Gasteiger partial charge < -0.3 is 9.84 Å². The summed E-state index contributed by atoms with van der Waals surface area (Å²) in [6, 6.07) is 16.8. The predicted octanol–water partition coefficient (Wildman–Crippen LogP) is 5.09. The van der Waals surface area contributed by atoms with Crippen molar-refractivity contribution in [2.24, 2.45) is 0 Å². The summed E-state index contributed by atoms with van der Waals surface area (Å²) in [6.07, 6.45) is 3.45. The Morgan fingerprint density at radius 3 is 2.48 bits per heavy atom. The molecule has 0 saturated carbocycles. The first-order valence-electron chi connectivity index (χ1n) is 11.2. The van der Waals surface area contributed by atoms with Crippen molar-refractivity contribution in [1.82, 2.24) is 15.4 Å². The lowest BCUT2D eigenvalue weighted by atomic mass is 10.0. The normalized spacial score (nSPS) is 15.2. The van der Waals surface area contributed by atoms with E-state index >= 15 is 0 Å². The molecule has 1 atom stereocenters. The second kappa shape index (κ2) is 9.48. The number of hydrogen-bond acceptors (Lipinski definition) is 4. The molecule has 1 aliphatic heterocycles. The van der Waals surface area contributed by atoms with Crippen LogP contribution in [-0.4, -0.2) is 35.6 Å². The lowest BCUT2D eigenvalue weighted by Crippen LogP contribution is -2.36. The van der Waals surface area contributed by atoms with Crippen LogP contribution in [0.5, 0.6) is 0 Å². The van der Waals surface area contributed by atoms with Crippen molar-refractivity contribution < 1.29 is 9.32 Å². The van der Waals surface area contributed by atoms with Crippen molar-refractivity contribution in [3.63, 3.8) is 0 Å². The van der Waals surface area contributed by atoms with Gasteiger partial charge in [-0.3, -0.25) is 9.69 Å². The largest absolute Gasteiger partial charge is 0.355 e. The maximum atomic E-state index is 12.8. The Hall–Kier alpha value is -2.92. The van der Waals surface area contributed by atoms with Gasteiger partial charge in [-0.25, -0.2) is 0 Å². The molecule has 3 aromatic rings. The van der Waals surface area contributed by atoms with Gasteiger partial charge in [-0.2, -0.15) is 0 Å². The third-order valence-corrected chi connectivity index (χ3v) is 6.34. The van der Waals surface area contributed by atoms with Crippen LogP contribution in [0.15, 0.2) is 53.1 Å². The van der Waals surface area contributed by atoms with Crippen molar-refractivity contribution in [2.45, 2.75) is 46.1 Å². The van der Waals surface area contributed by atoms with E-state index in [1.165, 1.54) is 35.1 Å². The summed E-state index contributed by atoms with van der Waals surface area (Å²) >= 11 is 0. The van der Waals surface area contributed by atoms with Gasteiger partial charge in [0.05, 0.1) is 6.04 Å². The predicted molar refractivity (Wildman–Crippen MR) is 123 cm³/mol. The van der Waals surface area contributed by atoms with E-state index in [0.29, 0.717) is 18.0 Å². The van der Waals surface area contributed by atoms with Crippen LogP contribution in [0.2, 0.25) is 0 Å². The van der Waals surface area contributed by atoms with Gasteiger partial charge in [0, 0.05) is 18.2 Å². The number of aryl methyl sites for hydroxylation is 3. The van der Waals surface area contributed by atoms with Gasteiger partial charge in [0.2, 0.25) is 0 Å². The van der Waals surface area contributed by atoms with Crippen LogP contribution < -0.4 is 5.32 Å². The van der Waals surface area contributed by atoms with Gasteiger partial charge in [-0.1, -0.05) is 48.5 Å². The Morgan fingerprint density at radius 2 is 1.81 bits per heavy atom. The summed E-state index contributed by atoms with van der Waals surface area (Å²) < 4.78 is 5.46. The fraction of sp³-hybridized carbons (Fsp3) is 0.385. The Labute approximate surface area is 184 Å². The summed E-state index contributed by atoms with van der Waals surface area (Å²) in [5, 5.41) is 7.10. The van der Waals surface area contributed by atoms with E-state index in [-0.39, 0.29) is 11.9 Å². The number of likely N-dealkylation sites (tertiary alicyclic amines) is 1. The molecule has 0 bridgehead atoms. The van der Waals surface area contributed by atoms with Crippen LogP contribution in [0.25, 0.3) is 11.3 Å². The summed E-state index contributed by atoms with van der Waals surface area (Å²) in [5.74, 6) is 0.410. The van der Waals surface area contributed by atoms with Crippen molar-refractivity contribution in [3.8, 4) is 11.3 Å². The summed E-state index contributed by atoms with van der Waals surface area (Å²) in [5.41, 5.74) is 6.23. The SMILES string of the molecule is CCc1ccc([C@H](CNC(=O)c2cc(-c3ccc(C)c(C)c3)on2)N2CCCC2)cc1. The average molecular weight is 418 g/mol. The molecule has 5 nitrogen and oxygen atoms in total. The standard InChI is InChI=1S/C26H31N3O2/c1-4-20-8-11-21(12-9-20)24(29-13-5-6-14-29)17-27-26(30)23-16-25(31-28-23)22-10-7-18(2)19(3)15-22/h7-12,15-16,24H,4-6,13-14,17H2,1-3H3,(H,27,30)/t24-/m0/s1. The molecule has 1 fully saturated rings. The zero-order valence-electron chi connectivity index (χ0n) is 18.6. The first kappa shape index (κ1) is 21.3. The molecule has 2 aromatic carbocycles. The summed E-state index contributed by atoms with van der Waals surface area (Å²) in [4.78, 5) is 15.3. The molecular formula is C26H31N3O2. The van der Waals surface area contributed by atoms with Crippen molar-refractivity contribution in [3.05, 3.63) is 76.5 Å². The van der Waals surface area contributed by atoms with Gasteiger partial charge in [0.25, 0.3) is 5.91 Å². The van der Waals surface area contributed by atoms with Gasteiger partial charge in [0.1, 0.15) is 0 Å². The van der Waals surface area contributed by atoms with Crippen molar-refractivity contribution >= 4 is 5.91 Å². The zero-order chi connectivity index (χ0) is 21.8. The maximum Gasteiger partial charge on any atom is 0.273 e. The van der Waals surface area contributed by atoms with Crippen LogP contribution in [-0.2, 0) is 6.42 Å². The number of hydrogen-bond donors (Lipinski definition) is 1. The number of nitrogens with one attached hydrogen (secondary N) is 1. The minimum atomic E-state index is -0.201. The second-order valence-corrected chi connectivity index (χ2v) is 8.44.